The molecule has 2 saturated heterocycles. The third-order valence-corrected chi connectivity index (χ3v) is 4.57. The summed E-state index contributed by atoms with van der Waals surface area (Å²) in [7, 11) is 0. The normalized spacial score (nSPS) is 29.5. The number of aryl methyl sites for hydroxylation is 1. The first-order chi connectivity index (χ1) is 9.26. The third kappa shape index (κ3) is 2.76. The number of anilines is 1. The van der Waals surface area contributed by atoms with E-state index in [2.05, 4.69) is 41.2 Å². The number of hydrogen-bond acceptors (Lipinski definition) is 3. The first kappa shape index (κ1) is 12.9. The van der Waals surface area contributed by atoms with Crippen molar-refractivity contribution in [1.82, 2.24) is 10.3 Å². The summed E-state index contributed by atoms with van der Waals surface area (Å²) in [5.74, 6) is 0. The first-order valence-electron chi connectivity index (χ1n) is 7.71. The van der Waals surface area contributed by atoms with Crippen molar-refractivity contribution in [2.45, 2.75) is 64.1 Å². The summed E-state index contributed by atoms with van der Waals surface area (Å²) >= 11 is 0. The lowest BCUT2D eigenvalue weighted by Crippen LogP contribution is -2.48. The van der Waals surface area contributed by atoms with Gasteiger partial charge in [-0.15, -0.1) is 0 Å². The molecule has 2 aliphatic rings. The van der Waals surface area contributed by atoms with E-state index in [4.69, 9.17) is 0 Å². The van der Waals surface area contributed by atoms with Crippen molar-refractivity contribution < 1.29 is 0 Å². The third-order valence-electron chi connectivity index (χ3n) is 4.57. The van der Waals surface area contributed by atoms with Gasteiger partial charge in [0.25, 0.3) is 0 Å². The van der Waals surface area contributed by atoms with Crippen LogP contribution in [-0.4, -0.2) is 29.7 Å². The van der Waals surface area contributed by atoms with Gasteiger partial charge < -0.3 is 10.2 Å². The molecule has 0 saturated carbocycles. The zero-order valence-electron chi connectivity index (χ0n) is 12.1. The van der Waals surface area contributed by atoms with E-state index in [9.17, 15) is 0 Å². The second kappa shape index (κ2) is 5.49. The Labute approximate surface area is 116 Å². The van der Waals surface area contributed by atoms with Gasteiger partial charge in [-0.2, -0.15) is 0 Å². The highest BCUT2D eigenvalue weighted by Gasteiger charge is 2.35. The molecule has 1 N–H and O–H groups in total. The van der Waals surface area contributed by atoms with E-state index in [-0.39, 0.29) is 0 Å². The highest BCUT2D eigenvalue weighted by Crippen LogP contribution is 2.32. The van der Waals surface area contributed by atoms with E-state index < -0.39 is 0 Å². The minimum Gasteiger partial charge on any atom is -0.368 e. The Morgan fingerprint density at radius 3 is 2.68 bits per heavy atom. The van der Waals surface area contributed by atoms with Crippen LogP contribution in [0.3, 0.4) is 0 Å². The fourth-order valence-corrected chi connectivity index (χ4v) is 3.75. The molecule has 2 bridgehead atoms. The van der Waals surface area contributed by atoms with Crippen LogP contribution in [0.4, 0.5) is 5.69 Å². The highest BCUT2D eigenvalue weighted by molar-refractivity contribution is 5.47. The molecule has 3 nitrogen and oxygen atoms in total. The summed E-state index contributed by atoms with van der Waals surface area (Å²) in [6.07, 6.45) is 8.51. The van der Waals surface area contributed by atoms with Crippen LogP contribution in [0.2, 0.25) is 0 Å². The summed E-state index contributed by atoms with van der Waals surface area (Å²) in [5.41, 5.74) is 2.48. The van der Waals surface area contributed by atoms with Gasteiger partial charge in [-0.3, -0.25) is 4.98 Å². The molecule has 0 aromatic carbocycles. The van der Waals surface area contributed by atoms with Gasteiger partial charge in [0.1, 0.15) is 0 Å². The molecule has 3 heteroatoms. The number of nitrogens with one attached hydrogen (secondary N) is 1. The van der Waals surface area contributed by atoms with Crippen LogP contribution >= 0.6 is 0 Å². The summed E-state index contributed by atoms with van der Waals surface area (Å²) in [6, 6.07) is 6.63. The lowest BCUT2D eigenvalue weighted by Gasteiger charge is -2.39. The van der Waals surface area contributed by atoms with Gasteiger partial charge in [-0.05, 0) is 51.2 Å². The number of piperidine rings is 1. The first-order valence-corrected chi connectivity index (χ1v) is 7.71. The van der Waals surface area contributed by atoms with Crippen molar-refractivity contribution >= 4 is 5.69 Å². The SMILES string of the molecule is CCCN(c1ccnc(C)c1)C1CC2CCC(C1)N2. The Morgan fingerprint density at radius 1 is 1.32 bits per heavy atom. The monoisotopic (exact) mass is 259 g/mol. The molecule has 2 fully saturated rings. The van der Waals surface area contributed by atoms with Gasteiger partial charge in [0, 0.05) is 42.2 Å². The number of hydrogen-bond donors (Lipinski definition) is 1. The predicted octanol–water partition coefficient (Wildman–Crippen LogP) is 2.89. The highest BCUT2D eigenvalue weighted by atomic mass is 15.2. The molecule has 0 amide bonds. The summed E-state index contributed by atoms with van der Waals surface area (Å²) in [6.45, 7) is 5.52. The van der Waals surface area contributed by atoms with Crippen LogP contribution in [0.15, 0.2) is 18.3 Å². The topological polar surface area (TPSA) is 28.2 Å². The molecule has 0 radical (unpaired) electrons. The molecular formula is C16H25N3. The van der Waals surface area contributed by atoms with Crippen molar-refractivity contribution in [2.24, 2.45) is 0 Å². The minimum absolute atomic E-state index is 0.709. The molecule has 0 spiro atoms. The smallest absolute Gasteiger partial charge is 0.0402 e. The van der Waals surface area contributed by atoms with Gasteiger partial charge in [-0.25, -0.2) is 0 Å². The average molecular weight is 259 g/mol. The molecular weight excluding hydrogens is 234 g/mol. The van der Waals surface area contributed by atoms with Gasteiger partial charge >= 0.3 is 0 Å². The molecule has 1 aromatic heterocycles. The van der Waals surface area contributed by atoms with Gasteiger partial charge in [0.15, 0.2) is 0 Å². The fourth-order valence-electron chi connectivity index (χ4n) is 3.75. The van der Waals surface area contributed by atoms with E-state index in [1.54, 1.807) is 0 Å². The number of pyridine rings is 1. The minimum atomic E-state index is 0.709. The Bertz CT molecular complexity index is 420. The van der Waals surface area contributed by atoms with Crippen LogP contribution in [0.25, 0.3) is 0 Å². The molecule has 0 aliphatic carbocycles. The standard InChI is InChI=1S/C16H25N3/c1-3-8-19(15-6-7-17-12(2)9-15)16-10-13-4-5-14(11-16)18-13/h6-7,9,13-14,16,18H,3-5,8,10-11H2,1-2H3. The number of aromatic nitrogens is 1. The van der Waals surface area contributed by atoms with Crippen LogP contribution < -0.4 is 10.2 Å². The average Bonchev–Trinajstić information content (AvgIpc) is 2.75. The van der Waals surface area contributed by atoms with Crippen LogP contribution in [0.5, 0.6) is 0 Å². The van der Waals surface area contributed by atoms with E-state index in [0.717, 1.165) is 24.3 Å². The Balaban J connectivity index is 1.80. The van der Waals surface area contributed by atoms with Crippen LogP contribution in [-0.2, 0) is 0 Å². The molecule has 2 unspecified atom stereocenters. The second-order valence-corrected chi connectivity index (χ2v) is 6.11. The maximum Gasteiger partial charge on any atom is 0.0402 e. The molecule has 2 aliphatic heterocycles. The van der Waals surface area contributed by atoms with Crippen molar-refractivity contribution in [3.05, 3.63) is 24.0 Å². The summed E-state index contributed by atoms with van der Waals surface area (Å²) in [5, 5.41) is 3.74. The molecule has 3 heterocycles. The zero-order chi connectivity index (χ0) is 13.2. The van der Waals surface area contributed by atoms with Crippen LogP contribution in [0, 0.1) is 6.92 Å². The van der Waals surface area contributed by atoms with Crippen molar-refractivity contribution in [2.75, 3.05) is 11.4 Å². The Hall–Kier alpha value is -1.09. The van der Waals surface area contributed by atoms with Crippen molar-refractivity contribution in [3.63, 3.8) is 0 Å². The molecule has 3 rings (SSSR count). The maximum atomic E-state index is 4.33. The zero-order valence-corrected chi connectivity index (χ0v) is 12.1. The largest absolute Gasteiger partial charge is 0.368 e. The number of fused-ring (bicyclic) bond motifs is 2. The molecule has 2 atom stereocenters. The maximum absolute atomic E-state index is 4.33. The van der Waals surface area contributed by atoms with Crippen LogP contribution in [0.1, 0.15) is 44.7 Å². The summed E-state index contributed by atoms with van der Waals surface area (Å²) < 4.78 is 0. The molecule has 1 aromatic rings. The van der Waals surface area contributed by atoms with Gasteiger partial charge in [0.2, 0.25) is 0 Å². The van der Waals surface area contributed by atoms with Crippen molar-refractivity contribution in [1.29, 1.82) is 0 Å². The lowest BCUT2D eigenvalue weighted by molar-refractivity contribution is 0.346. The number of nitrogens with zero attached hydrogens (tertiary/aromatic N) is 2. The second-order valence-electron chi connectivity index (χ2n) is 6.11. The van der Waals surface area contributed by atoms with Crippen molar-refractivity contribution in [3.8, 4) is 0 Å². The quantitative estimate of drug-likeness (QED) is 0.901. The van der Waals surface area contributed by atoms with E-state index >= 15 is 0 Å². The van der Waals surface area contributed by atoms with E-state index in [1.807, 2.05) is 6.20 Å². The van der Waals surface area contributed by atoms with E-state index in [0.29, 0.717) is 6.04 Å². The fraction of sp³-hybridized carbons (Fsp3) is 0.688. The number of rotatable bonds is 4. The lowest BCUT2D eigenvalue weighted by atomic mass is 9.97. The van der Waals surface area contributed by atoms with E-state index in [1.165, 1.54) is 37.8 Å². The predicted molar refractivity (Wildman–Crippen MR) is 79.6 cm³/mol. The van der Waals surface area contributed by atoms with Gasteiger partial charge in [0.05, 0.1) is 0 Å². The Morgan fingerprint density at radius 2 is 2.05 bits per heavy atom. The Kier molecular flexibility index (Phi) is 3.74. The molecule has 19 heavy (non-hydrogen) atoms. The van der Waals surface area contributed by atoms with Gasteiger partial charge in [-0.1, -0.05) is 6.92 Å². The molecule has 104 valence electrons. The summed E-state index contributed by atoms with van der Waals surface area (Å²) in [4.78, 5) is 6.96.